The SMILES string of the molecule is CSc1ccccc1CN1CCN(C[C@H](N)C2CCN(CCc3cc(Cl)ccc3-c3ccccc3)CC2)CC1. The summed E-state index contributed by atoms with van der Waals surface area (Å²) in [5.41, 5.74) is 12.1. The fourth-order valence-electron chi connectivity index (χ4n) is 6.20. The Kier molecular flexibility index (Phi) is 10.4. The number of hydrogen-bond acceptors (Lipinski definition) is 5. The van der Waals surface area contributed by atoms with E-state index < -0.39 is 0 Å². The summed E-state index contributed by atoms with van der Waals surface area (Å²) in [5.74, 6) is 0.624. The largest absolute Gasteiger partial charge is 0.326 e. The number of benzene rings is 3. The van der Waals surface area contributed by atoms with Crippen molar-refractivity contribution in [2.24, 2.45) is 11.7 Å². The Labute approximate surface area is 244 Å². The average molecular weight is 563 g/mol. The summed E-state index contributed by atoms with van der Waals surface area (Å²) >= 11 is 8.23. The van der Waals surface area contributed by atoms with Crippen LogP contribution in [0, 0.1) is 5.92 Å². The number of nitrogens with zero attached hydrogens (tertiary/aromatic N) is 3. The molecule has 4 nitrogen and oxygen atoms in total. The van der Waals surface area contributed by atoms with E-state index >= 15 is 0 Å². The van der Waals surface area contributed by atoms with Gasteiger partial charge in [-0.1, -0.05) is 66.2 Å². The second-order valence-electron chi connectivity index (χ2n) is 11.1. The second kappa shape index (κ2) is 14.2. The molecule has 208 valence electrons. The van der Waals surface area contributed by atoms with Gasteiger partial charge in [0.2, 0.25) is 0 Å². The van der Waals surface area contributed by atoms with Gasteiger partial charge in [-0.05, 0) is 85.0 Å². The van der Waals surface area contributed by atoms with Crippen molar-refractivity contribution >= 4 is 23.4 Å². The highest BCUT2D eigenvalue weighted by Crippen LogP contribution is 2.28. The summed E-state index contributed by atoms with van der Waals surface area (Å²) in [6, 6.07) is 26.1. The number of thioether (sulfide) groups is 1. The summed E-state index contributed by atoms with van der Waals surface area (Å²) in [5, 5.41) is 0.819. The van der Waals surface area contributed by atoms with Crippen LogP contribution < -0.4 is 5.73 Å². The molecule has 5 rings (SSSR count). The highest BCUT2D eigenvalue weighted by molar-refractivity contribution is 7.98. The molecule has 3 aromatic carbocycles. The summed E-state index contributed by atoms with van der Waals surface area (Å²) in [6.45, 7) is 9.94. The van der Waals surface area contributed by atoms with E-state index in [1.807, 2.05) is 17.8 Å². The van der Waals surface area contributed by atoms with E-state index in [0.29, 0.717) is 5.92 Å². The Morgan fingerprint density at radius 3 is 2.26 bits per heavy atom. The van der Waals surface area contributed by atoms with Crippen LogP contribution in [-0.4, -0.2) is 79.4 Å². The van der Waals surface area contributed by atoms with Gasteiger partial charge in [-0.25, -0.2) is 0 Å². The van der Waals surface area contributed by atoms with Crippen molar-refractivity contribution in [3.8, 4) is 11.1 Å². The molecular formula is C33H43ClN4S. The summed E-state index contributed by atoms with van der Waals surface area (Å²) < 4.78 is 0. The van der Waals surface area contributed by atoms with Crippen LogP contribution >= 0.6 is 23.4 Å². The molecule has 2 N–H and O–H groups in total. The molecule has 0 saturated carbocycles. The first-order valence-corrected chi connectivity index (χ1v) is 16.1. The van der Waals surface area contributed by atoms with E-state index in [2.05, 4.69) is 87.7 Å². The molecule has 0 radical (unpaired) electrons. The van der Waals surface area contributed by atoms with E-state index in [4.69, 9.17) is 17.3 Å². The van der Waals surface area contributed by atoms with Gasteiger partial charge in [0, 0.05) is 61.8 Å². The van der Waals surface area contributed by atoms with Crippen molar-refractivity contribution in [3.05, 3.63) is 88.9 Å². The average Bonchev–Trinajstić information content (AvgIpc) is 2.98. The van der Waals surface area contributed by atoms with Gasteiger partial charge in [-0.2, -0.15) is 0 Å². The molecule has 0 bridgehead atoms. The molecule has 3 aromatic rings. The smallest absolute Gasteiger partial charge is 0.0409 e. The highest BCUT2D eigenvalue weighted by Gasteiger charge is 2.27. The number of nitrogens with two attached hydrogens (primary N) is 1. The third-order valence-corrected chi connectivity index (χ3v) is 9.68. The highest BCUT2D eigenvalue weighted by atomic mass is 35.5. The summed E-state index contributed by atoms with van der Waals surface area (Å²) in [4.78, 5) is 9.21. The zero-order valence-electron chi connectivity index (χ0n) is 23.3. The lowest BCUT2D eigenvalue weighted by Gasteiger charge is -2.39. The van der Waals surface area contributed by atoms with Crippen molar-refractivity contribution < 1.29 is 0 Å². The maximum atomic E-state index is 6.80. The van der Waals surface area contributed by atoms with Crippen LogP contribution in [0.4, 0.5) is 0 Å². The maximum Gasteiger partial charge on any atom is 0.0409 e. The molecule has 2 fully saturated rings. The van der Waals surface area contributed by atoms with Gasteiger partial charge in [0.25, 0.3) is 0 Å². The van der Waals surface area contributed by atoms with E-state index in [1.165, 1.54) is 40.0 Å². The summed E-state index contributed by atoms with van der Waals surface area (Å²) in [7, 11) is 0. The van der Waals surface area contributed by atoms with Gasteiger partial charge < -0.3 is 10.6 Å². The molecule has 2 aliphatic heterocycles. The Hall–Kier alpha value is -1.86. The summed E-state index contributed by atoms with van der Waals surface area (Å²) in [6.07, 6.45) is 5.60. The Morgan fingerprint density at radius 1 is 0.821 bits per heavy atom. The second-order valence-corrected chi connectivity index (χ2v) is 12.4. The van der Waals surface area contributed by atoms with Gasteiger partial charge in [0.1, 0.15) is 0 Å². The van der Waals surface area contributed by atoms with E-state index in [-0.39, 0.29) is 6.04 Å². The van der Waals surface area contributed by atoms with Crippen molar-refractivity contribution in [3.63, 3.8) is 0 Å². The number of rotatable bonds is 10. The lowest BCUT2D eigenvalue weighted by atomic mass is 9.89. The van der Waals surface area contributed by atoms with Crippen molar-refractivity contribution in [1.82, 2.24) is 14.7 Å². The quantitative estimate of drug-likeness (QED) is 0.301. The topological polar surface area (TPSA) is 35.7 Å². The van der Waals surface area contributed by atoms with Crippen molar-refractivity contribution in [2.75, 3.05) is 58.6 Å². The first kappa shape index (κ1) is 28.7. The normalized spacial score (nSPS) is 18.8. The molecule has 2 heterocycles. The van der Waals surface area contributed by atoms with Gasteiger partial charge in [-0.15, -0.1) is 11.8 Å². The fraction of sp³-hybridized carbons (Fsp3) is 0.455. The first-order chi connectivity index (χ1) is 19.1. The zero-order chi connectivity index (χ0) is 27.0. The molecule has 1 atom stereocenters. The molecule has 0 unspecified atom stereocenters. The molecule has 0 spiro atoms. The third-order valence-electron chi connectivity index (χ3n) is 8.61. The van der Waals surface area contributed by atoms with Crippen LogP contribution in [-0.2, 0) is 13.0 Å². The molecule has 0 aliphatic carbocycles. The fourth-order valence-corrected chi connectivity index (χ4v) is 7.01. The van der Waals surface area contributed by atoms with Crippen LogP contribution in [0.25, 0.3) is 11.1 Å². The monoisotopic (exact) mass is 562 g/mol. The number of piperazine rings is 1. The lowest BCUT2D eigenvalue weighted by Crippen LogP contribution is -2.52. The van der Waals surface area contributed by atoms with E-state index in [0.717, 1.165) is 70.3 Å². The molecule has 6 heteroatoms. The Morgan fingerprint density at radius 2 is 1.51 bits per heavy atom. The molecule has 39 heavy (non-hydrogen) atoms. The number of piperidine rings is 1. The van der Waals surface area contributed by atoms with E-state index in [9.17, 15) is 0 Å². The van der Waals surface area contributed by atoms with Crippen LogP contribution in [0.3, 0.4) is 0 Å². The van der Waals surface area contributed by atoms with Crippen molar-refractivity contribution in [1.29, 1.82) is 0 Å². The standard InChI is InChI=1S/C33H43ClN4S/c1-39-33-10-6-5-9-29(33)24-37-19-21-38(22-20-37)25-32(35)27-13-16-36(17-14-27)18-15-28-23-30(34)11-12-31(28)26-7-3-2-4-8-26/h2-12,23,27,32H,13-22,24-25,35H2,1H3/t32-/m0/s1. The van der Waals surface area contributed by atoms with Crippen LogP contribution in [0.2, 0.25) is 5.02 Å². The number of likely N-dealkylation sites (tertiary alicyclic amines) is 1. The van der Waals surface area contributed by atoms with Gasteiger partial charge in [0.05, 0.1) is 0 Å². The van der Waals surface area contributed by atoms with Crippen LogP contribution in [0.15, 0.2) is 77.7 Å². The molecule has 2 aliphatic rings. The lowest BCUT2D eigenvalue weighted by molar-refractivity contribution is 0.102. The zero-order valence-corrected chi connectivity index (χ0v) is 24.8. The molecule has 2 saturated heterocycles. The molecular weight excluding hydrogens is 520 g/mol. The van der Waals surface area contributed by atoms with Crippen LogP contribution in [0.5, 0.6) is 0 Å². The first-order valence-electron chi connectivity index (χ1n) is 14.5. The van der Waals surface area contributed by atoms with Crippen LogP contribution in [0.1, 0.15) is 24.0 Å². The third kappa shape index (κ3) is 7.87. The minimum Gasteiger partial charge on any atom is -0.326 e. The minimum absolute atomic E-state index is 0.272. The number of halogens is 1. The van der Waals surface area contributed by atoms with Gasteiger partial charge >= 0.3 is 0 Å². The van der Waals surface area contributed by atoms with Gasteiger partial charge in [0.15, 0.2) is 0 Å². The maximum absolute atomic E-state index is 6.80. The number of hydrogen-bond donors (Lipinski definition) is 1. The predicted molar refractivity (Wildman–Crippen MR) is 168 cm³/mol. The molecule has 0 amide bonds. The predicted octanol–water partition coefficient (Wildman–Crippen LogP) is 6.13. The Balaban J connectivity index is 1.05. The van der Waals surface area contributed by atoms with Gasteiger partial charge in [-0.3, -0.25) is 9.80 Å². The Bertz CT molecular complexity index is 1170. The molecule has 0 aromatic heterocycles. The minimum atomic E-state index is 0.272. The van der Waals surface area contributed by atoms with Crippen molar-refractivity contribution in [2.45, 2.75) is 36.7 Å². The van der Waals surface area contributed by atoms with E-state index in [1.54, 1.807) is 0 Å².